The first-order chi connectivity index (χ1) is 8.61. The Bertz CT molecular complexity index is 393. The van der Waals surface area contributed by atoms with Gasteiger partial charge in [-0.25, -0.2) is 0 Å². The van der Waals surface area contributed by atoms with Crippen LogP contribution in [-0.4, -0.2) is 12.6 Å². The molecule has 0 bridgehead atoms. The number of nitrogens with one attached hydrogen (secondary N) is 1. The van der Waals surface area contributed by atoms with Crippen molar-refractivity contribution in [3.63, 3.8) is 0 Å². The van der Waals surface area contributed by atoms with Gasteiger partial charge in [-0.05, 0) is 68.2 Å². The van der Waals surface area contributed by atoms with Crippen LogP contribution in [0.5, 0.6) is 0 Å². The average Bonchev–Trinajstić information content (AvgIpc) is 3.16. The van der Waals surface area contributed by atoms with Crippen molar-refractivity contribution < 1.29 is 0 Å². The predicted octanol–water partition coefficient (Wildman–Crippen LogP) is 3.87. The highest BCUT2D eigenvalue weighted by molar-refractivity contribution is 5.30. The zero-order chi connectivity index (χ0) is 13.1. The van der Waals surface area contributed by atoms with Gasteiger partial charge < -0.3 is 5.32 Å². The first kappa shape index (κ1) is 13.6. The largest absolute Gasteiger partial charge is 0.314 e. The zero-order valence-electron chi connectivity index (χ0n) is 12.3. The molecule has 1 aliphatic rings. The van der Waals surface area contributed by atoms with Crippen LogP contribution < -0.4 is 5.32 Å². The summed E-state index contributed by atoms with van der Waals surface area (Å²) in [5, 5.41) is 3.69. The van der Waals surface area contributed by atoms with E-state index < -0.39 is 0 Å². The van der Waals surface area contributed by atoms with Gasteiger partial charge in [-0.3, -0.25) is 0 Å². The second-order valence-electron chi connectivity index (χ2n) is 5.98. The average molecular weight is 245 g/mol. The molecule has 0 saturated heterocycles. The van der Waals surface area contributed by atoms with Crippen molar-refractivity contribution in [3.05, 3.63) is 34.9 Å². The van der Waals surface area contributed by atoms with Crippen molar-refractivity contribution in [1.82, 2.24) is 5.32 Å². The minimum atomic E-state index is 0.643. The van der Waals surface area contributed by atoms with Crippen LogP contribution in [0.15, 0.2) is 18.2 Å². The fourth-order valence-corrected chi connectivity index (χ4v) is 2.84. The van der Waals surface area contributed by atoms with E-state index >= 15 is 0 Å². The van der Waals surface area contributed by atoms with Crippen LogP contribution in [0.2, 0.25) is 0 Å². The van der Waals surface area contributed by atoms with Gasteiger partial charge in [0.15, 0.2) is 0 Å². The molecule has 2 unspecified atom stereocenters. The van der Waals surface area contributed by atoms with Crippen LogP contribution in [0, 0.1) is 25.7 Å². The van der Waals surface area contributed by atoms with E-state index in [1.54, 1.807) is 0 Å². The lowest BCUT2D eigenvalue weighted by Gasteiger charge is -2.25. The first-order valence-electron chi connectivity index (χ1n) is 7.41. The number of benzene rings is 1. The van der Waals surface area contributed by atoms with Crippen LogP contribution in [0.4, 0.5) is 0 Å². The van der Waals surface area contributed by atoms with Crippen molar-refractivity contribution in [3.8, 4) is 0 Å². The lowest BCUT2D eigenvalue weighted by molar-refractivity contribution is 0.344. The molecule has 1 aromatic rings. The molecule has 0 amide bonds. The predicted molar refractivity (Wildman–Crippen MR) is 79.0 cm³/mol. The van der Waals surface area contributed by atoms with Crippen molar-refractivity contribution >= 4 is 0 Å². The summed E-state index contributed by atoms with van der Waals surface area (Å²) in [6.45, 7) is 10.1. The van der Waals surface area contributed by atoms with E-state index in [0.29, 0.717) is 6.04 Å². The van der Waals surface area contributed by atoms with Gasteiger partial charge in [0.1, 0.15) is 0 Å². The summed E-state index contributed by atoms with van der Waals surface area (Å²) >= 11 is 0. The lowest BCUT2D eigenvalue weighted by Crippen LogP contribution is -2.37. The Labute approximate surface area is 112 Å². The van der Waals surface area contributed by atoms with Gasteiger partial charge >= 0.3 is 0 Å². The fraction of sp³-hybridized carbons (Fsp3) is 0.647. The Morgan fingerprint density at radius 1 is 1.22 bits per heavy atom. The molecule has 100 valence electrons. The van der Waals surface area contributed by atoms with E-state index in [1.165, 1.54) is 36.0 Å². The van der Waals surface area contributed by atoms with Gasteiger partial charge in [0.25, 0.3) is 0 Å². The van der Waals surface area contributed by atoms with Crippen molar-refractivity contribution in [1.29, 1.82) is 0 Å². The third-order valence-corrected chi connectivity index (χ3v) is 4.49. The van der Waals surface area contributed by atoms with Crippen molar-refractivity contribution in [2.24, 2.45) is 11.8 Å². The normalized spacial score (nSPS) is 18.7. The van der Waals surface area contributed by atoms with Crippen LogP contribution in [0.25, 0.3) is 0 Å². The monoisotopic (exact) mass is 245 g/mol. The lowest BCUT2D eigenvalue weighted by atomic mass is 9.90. The molecule has 1 nitrogen and oxygen atoms in total. The molecule has 1 aromatic carbocycles. The van der Waals surface area contributed by atoms with Gasteiger partial charge in [0.2, 0.25) is 0 Å². The van der Waals surface area contributed by atoms with E-state index in [-0.39, 0.29) is 0 Å². The van der Waals surface area contributed by atoms with Gasteiger partial charge in [-0.15, -0.1) is 0 Å². The van der Waals surface area contributed by atoms with Crippen LogP contribution in [-0.2, 0) is 6.42 Å². The van der Waals surface area contributed by atoms with Gasteiger partial charge in [-0.1, -0.05) is 32.0 Å². The molecule has 1 saturated carbocycles. The van der Waals surface area contributed by atoms with Crippen molar-refractivity contribution in [2.45, 2.75) is 53.0 Å². The quantitative estimate of drug-likeness (QED) is 0.802. The smallest absolute Gasteiger partial charge is 0.0136 e. The number of likely N-dealkylation sites (N-methyl/N-ethyl adjacent to an activating group) is 1. The molecule has 0 aromatic heterocycles. The Hall–Kier alpha value is -0.820. The van der Waals surface area contributed by atoms with Crippen LogP contribution in [0.3, 0.4) is 0 Å². The topological polar surface area (TPSA) is 12.0 Å². The highest BCUT2D eigenvalue weighted by atomic mass is 14.9. The fourth-order valence-electron chi connectivity index (χ4n) is 2.84. The van der Waals surface area contributed by atoms with E-state index in [1.807, 2.05) is 0 Å². The maximum absolute atomic E-state index is 3.69. The van der Waals surface area contributed by atoms with Gasteiger partial charge in [0, 0.05) is 6.04 Å². The highest BCUT2D eigenvalue weighted by Gasteiger charge is 2.32. The second-order valence-corrected chi connectivity index (χ2v) is 5.98. The Morgan fingerprint density at radius 3 is 2.50 bits per heavy atom. The Morgan fingerprint density at radius 2 is 1.94 bits per heavy atom. The number of hydrogen-bond donors (Lipinski definition) is 1. The number of aryl methyl sites for hydroxylation is 2. The molecular formula is C17H27N. The maximum Gasteiger partial charge on any atom is 0.0136 e. The Balaban J connectivity index is 2.04. The third kappa shape index (κ3) is 3.35. The standard InChI is InChI=1S/C17H27N/c1-5-18-17(14(4)16-8-9-16)11-15-7-6-12(2)13(3)10-15/h6-7,10,14,16-18H,5,8-9,11H2,1-4H3. The van der Waals surface area contributed by atoms with E-state index in [4.69, 9.17) is 0 Å². The second kappa shape index (κ2) is 5.88. The highest BCUT2D eigenvalue weighted by Crippen LogP contribution is 2.38. The minimum absolute atomic E-state index is 0.643. The molecule has 18 heavy (non-hydrogen) atoms. The Kier molecular flexibility index (Phi) is 4.45. The molecule has 1 fully saturated rings. The molecule has 0 heterocycles. The van der Waals surface area contributed by atoms with E-state index in [0.717, 1.165) is 18.4 Å². The molecular weight excluding hydrogens is 218 g/mol. The molecule has 1 aliphatic carbocycles. The SMILES string of the molecule is CCNC(Cc1ccc(C)c(C)c1)C(C)C1CC1. The summed E-state index contributed by atoms with van der Waals surface area (Å²) in [5.41, 5.74) is 4.30. The summed E-state index contributed by atoms with van der Waals surface area (Å²) in [4.78, 5) is 0. The number of hydrogen-bond acceptors (Lipinski definition) is 1. The molecule has 1 heteroatoms. The van der Waals surface area contributed by atoms with E-state index in [2.05, 4.69) is 51.2 Å². The number of rotatable bonds is 6. The van der Waals surface area contributed by atoms with Crippen LogP contribution in [0.1, 0.15) is 43.4 Å². The summed E-state index contributed by atoms with van der Waals surface area (Å²) in [7, 11) is 0. The minimum Gasteiger partial charge on any atom is -0.314 e. The first-order valence-corrected chi connectivity index (χ1v) is 7.41. The summed E-state index contributed by atoms with van der Waals surface area (Å²) in [5.74, 6) is 1.78. The summed E-state index contributed by atoms with van der Waals surface area (Å²) in [6.07, 6.45) is 4.05. The van der Waals surface area contributed by atoms with Crippen LogP contribution >= 0.6 is 0 Å². The molecule has 0 spiro atoms. The summed E-state index contributed by atoms with van der Waals surface area (Å²) in [6, 6.07) is 7.56. The molecule has 0 aliphatic heterocycles. The van der Waals surface area contributed by atoms with Gasteiger partial charge in [-0.2, -0.15) is 0 Å². The van der Waals surface area contributed by atoms with Crippen molar-refractivity contribution in [2.75, 3.05) is 6.54 Å². The van der Waals surface area contributed by atoms with Gasteiger partial charge in [0.05, 0.1) is 0 Å². The maximum atomic E-state index is 3.69. The summed E-state index contributed by atoms with van der Waals surface area (Å²) < 4.78 is 0. The molecule has 2 atom stereocenters. The third-order valence-electron chi connectivity index (χ3n) is 4.49. The molecule has 2 rings (SSSR count). The zero-order valence-corrected chi connectivity index (χ0v) is 12.3. The molecule has 1 N–H and O–H groups in total. The van der Waals surface area contributed by atoms with E-state index in [9.17, 15) is 0 Å². The molecule has 0 radical (unpaired) electrons.